The highest BCUT2D eigenvalue weighted by molar-refractivity contribution is 7.99. The molecule has 0 radical (unpaired) electrons. The summed E-state index contributed by atoms with van der Waals surface area (Å²) in [6.07, 6.45) is 3.32. The minimum absolute atomic E-state index is 0.364. The van der Waals surface area contributed by atoms with E-state index in [4.69, 9.17) is 0 Å². The van der Waals surface area contributed by atoms with Crippen molar-refractivity contribution in [3.63, 3.8) is 0 Å². The summed E-state index contributed by atoms with van der Waals surface area (Å²) in [7, 11) is 0. The van der Waals surface area contributed by atoms with E-state index in [1.807, 2.05) is 11.8 Å². The number of carbonyl (C=O) groups excluding carboxylic acids is 1. The second-order valence-corrected chi connectivity index (χ2v) is 6.47. The highest BCUT2D eigenvalue weighted by atomic mass is 32.2. The number of hydrogen-bond donors (Lipinski definition) is 0. The Morgan fingerprint density at radius 1 is 1.11 bits per heavy atom. The van der Waals surface area contributed by atoms with E-state index in [2.05, 4.69) is 35.2 Å². The molecule has 1 aliphatic heterocycles. The molecule has 1 atom stereocenters. The van der Waals surface area contributed by atoms with Crippen LogP contribution < -0.4 is 0 Å². The maximum absolute atomic E-state index is 12.1. The Kier molecular flexibility index (Phi) is 3.59. The second-order valence-electron chi connectivity index (χ2n) is 5.16. The van der Waals surface area contributed by atoms with E-state index in [0.717, 1.165) is 38.1 Å². The van der Waals surface area contributed by atoms with Crippen molar-refractivity contribution < 1.29 is 4.79 Å². The maximum Gasteiger partial charge on any atom is 0.225 e. The molecule has 0 spiro atoms. The van der Waals surface area contributed by atoms with Crippen molar-refractivity contribution in [1.82, 2.24) is 4.90 Å². The predicted molar refractivity (Wildman–Crippen MR) is 75.6 cm³/mol. The van der Waals surface area contributed by atoms with E-state index in [1.165, 1.54) is 5.56 Å². The molecule has 1 aliphatic carbocycles. The molecule has 2 aliphatic rings. The van der Waals surface area contributed by atoms with Gasteiger partial charge in [-0.3, -0.25) is 4.79 Å². The lowest BCUT2D eigenvalue weighted by atomic mass is 10.1. The van der Waals surface area contributed by atoms with Gasteiger partial charge in [0, 0.05) is 30.0 Å². The molecule has 1 saturated carbocycles. The third kappa shape index (κ3) is 2.72. The number of thioether (sulfide) groups is 1. The van der Waals surface area contributed by atoms with Crippen molar-refractivity contribution in [3.05, 3.63) is 35.9 Å². The molecule has 2 nitrogen and oxygen atoms in total. The first-order valence-electron chi connectivity index (χ1n) is 6.80. The molecule has 3 rings (SSSR count). The molecular weight excluding hydrogens is 242 g/mol. The van der Waals surface area contributed by atoms with Crippen LogP contribution in [0, 0.1) is 5.92 Å². The van der Waals surface area contributed by atoms with Gasteiger partial charge >= 0.3 is 0 Å². The van der Waals surface area contributed by atoms with Crippen LogP contribution in [0.15, 0.2) is 30.3 Å². The monoisotopic (exact) mass is 261 g/mol. The number of nitrogens with zero attached hydrogens (tertiary/aromatic N) is 1. The molecule has 1 aromatic rings. The first-order chi connectivity index (χ1) is 8.84. The highest BCUT2D eigenvalue weighted by Crippen LogP contribution is 2.36. The Bertz CT molecular complexity index is 416. The first kappa shape index (κ1) is 12.1. The minimum Gasteiger partial charge on any atom is -0.342 e. The maximum atomic E-state index is 12.1. The zero-order valence-electron chi connectivity index (χ0n) is 10.5. The topological polar surface area (TPSA) is 20.3 Å². The number of benzene rings is 1. The Hall–Kier alpha value is -0.960. The molecule has 96 valence electrons. The third-order valence-electron chi connectivity index (χ3n) is 3.75. The molecule has 1 amide bonds. The summed E-state index contributed by atoms with van der Waals surface area (Å²) in [6, 6.07) is 10.7. The summed E-state index contributed by atoms with van der Waals surface area (Å²) >= 11 is 2.00. The van der Waals surface area contributed by atoms with Crippen LogP contribution in [-0.4, -0.2) is 29.6 Å². The van der Waals surface area contributed by atoms with Crippen LogP contribution in [0.25, 0.3) is 0 Å². The van der Waals surface area contributed by atoms with Crippen molar-refractivity contribution >= 4 is 17.7 Å². The largest absolute Gasteiger partial charge is 0.342 e. The van der Waals surface area contributed by atoms with Crippen molar-refractivity contribution in [1.29, 1.82) is 0 Å². The smallest absolute Gasteiger partial charge is 0.225 e. The lowest BCUT2D eigenvalue weighted by Crippen LogP contribution is -2.34. The van der Waals surface area contributed by atoms with Crippen molar-refractivity contribution in [3.8, 4) is 0 Å². The molecule has 0 N–H and O–H groups in total. The van der Waals surface area contributed by atoms with Gasteiger partial charge in [0.15, 0.2) is 0 Å². The summed E-state index contributed by atoms with van der Waals surface area (Å²) in [5.74, 6) is 1.84. The fourth-order valence-electron chi connectivity index (χ4n) is 2.51. The van der Waals surface area contributed by atoms with Gasteiger partial charge in [0.05, 0.1) is 0 Å². The quantitative estimate of drug-likeness (QED) is 0.815. The van der Waals surface area contributed by atoms with E-state index in [1.54, 1.807) is 0 Å². The molecule has 1 saturated heterocycles. The van der Waals surface area contributed by atoms with Gasteiger partial charge in [0.2, 0.25) is 5.91 Å². The molecule has 1 aromatic carbocycles. The van der Waals surface area contributed by atoms with Crippen molar-refractivity contribution in [2.24, 2.45) is 5.92 Å². The Labute approximate surface area is 113 Å². The van der Waals surface area contributed by atoms with Crippen molar-refractivity contribution in [2.45, 2.75) is 24.5 Å². The fourth-order valence-corrected chi connectivity index (χ4v) is 3.74. The van der Waals surface area contributed by atoms with Gasteiger partial charge in [0.1, 0.15) is 0 Å². The fraction of sp³-hybridized carbons (Fsp3) is 0.533. The lowest BCUT2D eigenvalue weighted by molar-refractivity contribution is -0.132. The van der Waals surface area contributed by atoms with Crippen LogP contribution in [0.2, 0.25) is 0 Å². The number of carbonyl (C=O) groups is 1. The highest BCUT2D eigenvalue weighted by Gasteiger charge is 2.34. The standard InChI is InChI=1S/C15H19NOS/c17-15(13-6-7-13)16-9-8-14(18-11-10-16)12-4-2-1-3-5-12/h1-5,13-14H,6-11H2/t14-/m0/s1. The average molecular weight is 261 g/mol. The number of rotatable bonds is 2. The van der Waals surface area contributed by atoms with Gasteiger partial charge < -0.3 is 4.90 Å². The Balaban J connectivity index is 1.63. The van der Waals surface area contributed by atoms with E-state index in [9.17, 15) is 4.79 Å². The van der Waals surface area contributed by atoms with Crippen LogP contribution in [0.3, 0.4) is 0 Å². The van der Waals surface area contributed by atoms with Crippen molar-refractivity contribution in [2.75, 3.05) is 18.8 Å². The molecular formula is C15H19NOS. The molecule has 1 heterocycles. The zero-order valence-corrected chi connectivity index (χ0v) is 11.4. The molecule has 18 heavy (non-hydrogen) atoms. The summed E-state index contributed by atoms with van der Waals surface area (Å²) in [6.45, 7) is 1.87. The molecule has 0 bridgehead atoms. The van der Waals surface area contributed by atoms with Crippen LogP contribution in [0.1, 0.15) is 30.1 Å². The number of hydrogen-bond acceptors (Lipinski definition) is 2. The SMILES string of the molecule is O=C(C1CC1)N1CCS[C@H](c2ccccc2)CC1. The second kappa shape index (κ2) is 5.35. The van der Waals surface area contributed by atoms with Gasteiger partial charge in [-0.2, -0.15) is 11.8 Å². The Morgan fingerprint density at radius 2 is 1.89 bits per heavy atom. The van der Waals surface area contributed by atoms with Crippen LogP contribution in [0.4, 0.5) is 0 Å². The molecule has 3 heteroatoms. The molecule has 2 fully saturated rings. The van der Waals surface area contributed by atoms with Crippen LogP contribution in [-0.2, 0) is 4.79 Å². The van der Waals surface area contributed by atoms with E-state index in [0.29, 0.717) is 17.1 Å². The normalized spacial score (nSPS) is 24.7. The van der Waals surface area contributed by atoms with Crippen LogP contribution in [0.5, 0.6) is 0 Å². The predicted octanol–water partition coefficient (Wildman–Crippen LogP) is 3.10. The van der Waals surface area contributed by atoms with E-state index >= 15 is 0 Å². The van der Waals surface area contributed by atoms with Gasteiger partial charge in [-0.15, -0.1) is 0 Å². The van der Waals surface area contributed by atoms with Gasteiger partial charge in [-0.1, -0.05) is 30.3 Å². The average Bonchev–Trinajstić information content (AvgIpc) is 3.25. The summed E-state index contributed by atoms with van der Waals surface area (Å²) in [4.78, 5) is 14.2. The van der Waals surface area contributed by atoms with Gasteiger partial charge in [0.25, 0.3) is 0 Å². The molecule has 0 aromatic heterocycles. The molecule has 0 unspecified atom stereocenters. The summed E-state index contributed by atoms with van der Waals surface area (Å²) in [5.41, 5.74) is 1.41. The Morgan fingerprint density at radius 3 is 2.61 bits per heavy atom. The first-order valence-corrected chi connectivity index (χ1v) is 7.85. The van der Waals surface area contributed by atoms with Crippen LogP contribution >= 0.6 is 11.8 Å². The third-order valence-corrected chi connectivity index (χ3v) is 5.08. The summed E-state index contributed by atoms with van der Waals surface area (Å²) < 4.78 is 0. The van der Waals surface area contributed by atoms with E-state index < -0.39 is 0 Å². The van der Waals surface area contributed by atoms with Gasteiger partial charge in [-0.05, 0) is 24.8 Å². The summed E-state index contributed by atoms with van der Waals surface area (Å²) in [5, 5.41) is 0.559. The number of amides is 1. The van der Waals surface area contributed by atoms with Gasteiger partial charge in [-0.25, -0.2) is 0 Å². The minimum atomic E-state index is 0.364. The zero-order chi connectivity index (χ0) is 12.4. The van der Waals surface area contributed by atoms with E-state index in [-0.39, 0.29) is 0 Å². The lowest BCUT2D eigenvalue weighted by Gasteiger charge is -2.20.